The van der Waals surface area contributed by atoms with Crippen molar-refractivity contribution in [1.29, 1.82) is 0 Å². The molecule has 5 nitrogen and oxygen atoms in total. The molecule has 1 aliphatic rings. The summed E-state index contributed by atoms with van der Waals surface area (Å²) in [6.45, 7) is 4.33. The summed E-state index contributed by atoms with van der Waals surface area (Å²) in [5, 5.41) is 0. The molecule has 0 spiro atoms. The molecule has 0 atom stereocenters. The Kier molecular flexibility index (Phi) is 8.63. The second kappa shape index (κ2) is 9.94. The summed E-state index contributed by atoms with van der Waals surface area (Å²) in [5.74, 6) is 0. The number of rotatable bonds is 5. The van der Waals surface area contributed by atoms with Gasteiger partial charge in [-0.15, -0.1) is 0 Å². The van der Waals surface area contributed by atoms with Crippen LogP contribution in [0.1, 0.15) is 44.6 Å². The fourth-order valence-electron chi connectivity index (χ4n) is 2.44. The van der Waals surface area contributed by atoms with Crippen molar-refractivity contribution in [3.63, 3.8) is 0 Å². The van der Waals surface area contributed by atoms with Crippen LogP contribution in [0.4, 0.5) is 0 Å². The smallest absolute Gasteiger partial charge is 0.302 e. The van der Waals surface area contributed by atoms with E-state index in [1.807, 2.05) is 0 Å². The first-order chi connectivity index (χ1) is 10.4. The first-order valence-corrected chi connectivity index (χ1v) is 9.32. The van der Waals surface area contributed by atoms with Crippen LogP contribution in [0.3, 0.4) is 0 Å². The molecule has 0 bridgehead atoms. The summed E-state index contributed by atoms with van der Waals surface area (Å²) in [4.78, 5) is 2.29. The van der Waals surface area contributed by atoms with Gasteiger partial charge in [-0.3, -0.25) is 4.55 Å². The lowest BCUT2D eigenvalue weighted by atomic mass is 9.96. The molecule has 1 saturated carbocycles. The molecule has 0 saturated heterocycles. The number of hydrogen-bond donors (Lipinski definition) is 2. The SMILES string of the molecule is CCN(C)Cc1ccccc1.O=S(=O)(O)NC1CCCCC1. The Morgan fingerprint density at radius 3 is 2.27 bits per heavy atom. The van der Waals surface area contributed by atoms with Crippen molar-refractivity contribution in [2.24, 2.45) is 0 Å². The summed E-state index contributed by atoms with van der Waals surface area (Å²) < 4.78 is 31.3. The molecule has 0 amide bonds. The topological polar surface area (TPSA) is 69.6 Å². The molecule has 0 unspecified atom stereocenters. The van der Waals surface area contributed by atoms with Gasteiger partial charge in [0, 0.05) is 12.6 Å². The predicted molar refractivity (Wildman–Crippen MR) is 90.0 cm³/mol. The third-order valence-corrected chi connectivity index (χ3v) is 4.39. The van der Waals surface area contributed by atoms with Crippen molar-refractivity contribution in [2.45, 2.75) is 51.6 Å². The van der Waals surface area contributed by atoms with Crippen LogP contribution >= 0.6 is 0 Å². The van der Waals surface area contributed by atoms with E-state index >= 15 is 0 Å². The highest BCUT2D eigenvalue weighted by molar-refractivity contribution is 7.83. The number of nitrogens with zero attached hydrogens (tertiary/aromatic N) is 1. The zero-order valence-electron chi connectivity index (χ0n) is 13.5. The summed E-state index contributed by atoms with van der Waals surface area (Å²) in [6.07, 6.45) is 4.96. The van der Waals surface area contributed by atoms with Crippen LogP contribution < -0.4 is 4.72 Å². The molecule has 126 valence electrons. The van der Waals surface area contributed by atoms with Gasteiger partial charge >= 0.3 is 10.3 Å². The summed E-state index contributed by atoms with van der Waals surface area (Å²) >= 11 is 0. The maximum Gasteiger partial charge on any atom is 0.333 e. The fraction of sp³-hybridized carbons (Fsp3) is 0.625. The maximum absolute atomic E-state index is 10.3. The largest absolute Gasteiger partial charge is 0.333 e. The van der Waals surface area contributed by atoms with Crippen LogP contribution in [0.15, 0.2) is 30.3 Å². The van der Waals surface area contributed by atoms with E-state index in [1.165, 1.54) is 12.0 Å². The first-order valence-electron chi connectivity index (χ1n) is 7.88. The molecule has 1 aromatic rings. The van der Waals surface area contributed by atoms with Crippen molar-refractivity contribution in [1.82, 2.24) is 9.62 Å². The quantitative estimate of drug-likeness (QED) is 0.816. The minimum Gasteiger partial charge on any atom is -0.302 e. The number of hydrogen-bond acceptors (Lipinski definition) is 3. The van der Waals surface area contributed by atoms with Gasteiger partial charge in [0.05, 0.1) is 0 Å². The van der Waals surface area contributed by atoms with E-state index in [1.54, 1.807) is 0 Å². The standard InChI is InChI=1S/C10H15N.C6H13NO3S/c1-3-11(2)9-10-7-5-4-6-8-10;8-11(9,10)7-6-4-2-1-3-5-6/h4-8H,3,9H2,1-2H3;6-7H,1-5H2,(H,8,9,10). The molecule has 22 heavy (non-hydrogen) atoms. The Labute approximate surface area is 134 Å². The van der Waals surface area contributed by atoms with Gasteiger partial charge in [0.25, 0.3) is 0 Å². The second-order valence-electron chi connectivity index (χ2n) is 5.74. The Hall–Kier alpha value is -0.950. The fourth-order valence-corrected chi connectivity index (χ4v) is 3.09. The molecule has 0 radical (unpaired) electrons. The number of benzene rings is 1. The lowest BCUT2D eigenvalue weighted by molar-refractivity contribution is 0.346. The van der Waals surface area contributed by atoms with Crippen LogP contribution in [0.5, 0.6) is 0 Å². The van der Waals surface area contributed by atoms with E-state index in [9.17, 15) is 8.42 Å². The predicted octanol–water partition coefficient (Wildman–Crippen LogP) is 2.85. The van der Waals surface area contributed by atoms with Crippen LogP contribution in [0.2, 0.25) is 0 Å². The van der Waals surface area contributed by atoms with Crippen molar-refractivity contribution in [2.75, 3.05) is 13.6 Å². The van der Waals surface area contributed by atoms with Crippen molar-refractivity contribution >= 4 is 10.3 Å². The van der Waals surface area contributed by atoms with Gasteiger partial charge in [-0.05, 0) is 32.0 Å². The third-order valence-electron chi connectivity index (χ3n) is 3.76. The molecule has 1 fully saturated rings. The van der Waals surface area contributed by atoms with Crippen molar-refractivity contribution in [3.8, 4) is 0 Å². The summed E-state index contributed by atoms with van der Waals surface area (Å²) in [7, 11) is -1.84. The minimum atomic E-state index is -3.97. The third kappa shape index (κ3) is 9.15. The molecule has 0 aliphatic heterocycles. The van der Waals surface area contributed by atoms with Crippen molar-refractivity contribution in [3.05, 3.63) is 35.9 Å². The van der Waals surface area contributed by atoms with Crippen LogP contribution in [0, 0.1) is 0 Å². The van der Waals surface area contributed by atoms with Crippen molar-refractivity contribution < 1.29 is 13.0 Å². The van der Waals surface area contributed by atoms with E-state index in [4.69, 9.17) is 4.55 Å². The Bertz CT molecular complexity index is 499. The Morgan fingerprint density at radius 1 is 1.18 bits per heavy atom. The van der Waals surface area contributed by atoms with Crippen LogP contribution in [-0.4, -0.2) is 37.5 Å². The highest BCUT2D eigenvalue weighted by Crippen LogP contribution is 2.17. The van der Waals surface area contributed by atoms with Gasteiger partial charge in [-0.25, -0.2) is 0 Å². The molecule has 1 aromatic carbocycles. The number of nitrogens with one attached hydrogen (secondary N) is 1. The Morgan fingerprint density at radius 2 is 1.77 bits per heavy atom. The van der Waals surface area contributed by atoms with E-state index in [-0.39, 0.29) is 6.04 Å². The van der Waals surface area contributed by atoms with Gasteiger partial charge in [-0.2, -0.15) is 13.1 Å². The monoisotopic (exact) mass is 328 g/mol. The van der Waals surface area contributed by atoms with Crippen LogP contribution in [-0.2, 0) is 16.8 Å². The molecule has 0 aromatic heterocycles. The average Bonchev–Trinajstić information content (AvgIpc) is 2.48. The maximum atomic E-state index is 10.3. The summed E-state index contributed by atoms with van der Waals surface area (Å²) in [6, 6.07) is 10.5. The highest BCUT2D eigenvalue weighted by atomic mass is 32.2. The van der Waals surface area contributed by atoms with Gasteiger partial charge in [0.2, 0.25) is 0 Å². The molecule has 6 heteroatoms. The average molecular weight is 328 g/mol. The Balaban J connectivity index is 0.000000220. The minimum absolute atomic E-state index is 0.0428. The molecular formula is C16H28N2O3S. The van der Waals surface area contributed by atoms with Crippen LogP contribution in [0.25, 0.3) is 0 Å². The molecular weight excluding hydrogens is 300 g/mol. The lowest BCUT2D eigenvalue weighted by Gasteiger charge is -2.20. The van der Waals surface area contributed by atoms with Gasteiger partial charge in [-0.1, -0.05) is 56.5 Å². The molecule has 2 rings (SSSR count). The molecule has 0 heterocycles. The van der Waals surface area contributed by atoms with E-state index < -0.39 is 10.3 Å². The molecule has 1 aliphatic carbocycles. The second-order valence-corrected chi connectivity index (χ2v) is 6.93. The van der Waals surface area contributed by atoms with Gasteiger partial charge in [0.15, 0.2) is 0 Å². The zero-order chi connectivity index (χ0) is 16.4. The van der Waals surface area contributed by atoms with Gasteiger partial charge < -0.3 is 4.90 Å². The summed E-state index contributed by atoms with van der Waals surface area (Å²) in [5.41, 5.74) is 1.39. The highest BCUT2D eigenvalue weighted by Gasteiger charge is 2.17. The zero-order valence-corrected chi connectivity index (χ0v) is 14.3. The van der Waals surface area contributed by atoms with E-state index in [2.05, 4.69) is 53.9 Å². The normalized spacial score (nSPS) is 16.2. The van der Waals surface area contributed by atoms with Gasteiger partial charge in [0.1, 0.15) is 0 Å². The van der Waals surface area contributed by atoms with E-state index in [0.717, 1.165) is 38.8 Å². The first kappa shape index (κ1) is 19.1. The van der Waals surface area contributed by atoms with E-state index in [0.29, 0.717) is 0 Å². The lowest BCUT2D eigenvalue weighted by Crippen LogP contribution is -2.35. The molecule has 2 N–H and O–H groups in total.